The SMILES string of the molecule is N[C@H]1C[C@H]2c3cc(CO)c(CO)cc3CCN2C[C@@H]1N1C[C@@H](CF)CC1=O. The molecule has 0 bridgehead atoms. The Balaban J connectivity index is 1.57. The molecular formula is C20H28FN3O3. The molecular weight excluding hydrogens is 349 g/mol. The van der Waals surface area contributed by atoms with E-state index in [0.29, 0.717) is 13.1 Å². The van der Waals surface area contributed by atoms with Crippen LogP contribution in [0.1, 0.15) is 41.1 Å². The van der Waals surface area contributed by atoms with Crippen molar-refractivity contribution in [2.75, 3.05) is 26.3 Å². The van der Waals surface area contributed by atoms with Gasteiger partial charge in [-0.1, -0.05) is 12.1 Å². The van der Waals surface area contributed by atoms with E-state index in [-0.39, 0.29) is 49.6 Å². The van der Waals surface area contributed by atoms with Crippen LogP contribution in [-0.4, -0.2) is 64.3 Å². The molecule has 148 valence electrons. The minimum absolute atomic E-state index is 0.0177. The van der Waals surface area contributed by atoms with E-state index in [2.05, 4.69) is 4.90 Å². The van der Waals surface area contributed by atoms with E-state index in [0.717, 1.165) is 30.5 Å². The Labute approximate surface area is 158 Å². The molecule has 0 saturated carbocycles. The van der Waals surface area contributed by atoms with Gasteiger partial charge < -0.3 is 20.8 Å². The summed E-state index contributed by atoms with van der Waals surface area (Å²) in [5.74, 6) is -0.183. The first-order valence-corrected chi connectivity index (χ1v) is 9.77. The zero-order valence-electron chi connectivity index (χ0n) is 15.5. The van der Waals surface area contributed by atoms with Gasteiger partial charge in [-0.05, 0) is 35.1 Å². The van der Waals surface area contributed by atoms with Gasteiger partial charge in [-0.15, -0.1) is 0 Å². The molecule has 4 atom stereocenters. The fourth-order valence-corrected chi connectivity index (χ4v) is 5.04. The Morgan fingerprint density at radius 2 is 1.93 bits per heavy atom. The van der Waals surface area contributed by atoms with Crippen molar-refractivity contribution in [3.8, 4) is 0 Å². The minimum Gasteiger partial charge on any atom is -0.392 e. The highest BCUT2D eigenvalue weighted by Gasteiger charge is 2.43. The van der Waals surface area contributed by atoms with Crippen LogP contribution < -0.4 is 5.73 Å². The molecule has 1 aromatic rings. The Morgan fingerprint density at radius 1 is 1.19 bits per heavy atom. The highest BCUT2D eigenvalue weighted by atomic mass is 19.1. The van der Waals surface area contributed by atoms with Crippen molar-refractivity contribution >= 4 is 5.91 Å². The lowest BCUT2D eigenvalue weighted by Crippen LogP contribution is -2.60. The van der Waals surface area contributed by atoms with Crippen molar-refractivity contribution < 1.29 is 19.4 Å². The van der Waals surface area contributed by atoms with Crippen LogP contribution in [0.3, 0.4) is 0 Å². The number of aliphatic hydroxyl groups excluding tert-OH is 2. The molecule has 0 radical (unpaired) electrons. The highest BCUT2D eigenvalue weighted by molar-refractivity contribution is 5.79. The van der Waals surface area contributed by atoms with Crippen molar-refractivity contribution in [3.63, 3.8) is 0 Å². The Morgan fingerprint density at radius 3 is 2.59 bits per heavy atom. The first-order valence-electron chi connectivity index (χ1n) is 9.77. The summed E-state index contributed by atoms with van der Waals surface area (Å²) in [6, 6.07) is 3.94. The second-order valence-corrected chi connectivity index (χ2v) is 8.13. The number of likely N-dealkylation sites (tertiary alicyclic amines) is 1. The molecule has 1 amide bonds. The van der Waals surface area contributed by atoms with Crippen LogP contribution in [0, 0.1) is 5.92 Å². The van der Waals surface area contributed by atoms with Gasteiger partial charge >= 0.3 is 0 Å². The Kier molecular flexibility index (Phi) is 5.20. The molecule has 3 aliphatic rings. The molecule has 6 nitrogen and oxygen atoms in total. The third kappa shape index (κ3) is 3.27. The average molecular weight is 377 g/mol. The van der Waals surface area contributed by atoms with Gasteiger partial charge in [0, 0.05) is 44.1 Å². The summed E-state index contributed by atoms with van der Waals surface area (Å²) in [4.78, 5) is 16.5. The van der Waals surface area contributed by atoms with Crippen LogP contribution in [0.5, 0.6) is 0 Å². The van der Waals surface area contributed by atoms with E-state index in [1.807, 2.05) is 12.1 Å². The topological polar surface area (TPSA) is 90.0 Å². The lowest BCUT2D eigenvalue weighted by Gasteiger charge is -2.48. The Hall–Kier alpha value is -1.54. The van der Waals surface area contributed by atoms with Gasteiger partial charge in [0.05, 0.1) is 25.9 Å². The van der Waals surface area contributed by atoms with E-state index < -0.39 is 6.67 Å². The zero-order valence-corrected chi connectivity index (χ0v) is 15.5. The van der Waals surface area contributed by atoms with Crippen molar-refractivity contribution in [2.24, 2.45) is 11.7 Å². The van der Waals surface area contributed by atoms with Gasteiger partial charge in [-0.2, -0.15) is 0 Å². The molecule has 3 heterocycles. The predicted molar refractivity (Wildman–Crippen MR) is 98.5 cm³/mol. The van der Waals surface area contributed by atoms with E-state index >= 15 is 0 Å². The number of benzene rings is 1. The lowest BCUT2D eigenvalue weighted by molar-refractivity contribution is -0.131. The van der Waals surface area contributed by atoms with Crippen LogP contribution in [-0.2, 0) is 24.4 Å². The van der Waals surface area contributed by atoms with Crippen LogP contribution in [0.25, 0.3) is 0 Å². The van der Waals surface area contributed by atoms with Gasteiger partial charge in [0.1, 0.15) is 0 Å². The maximum atomic E-state index is 13.0. The maximum Gasteiger partial charge on any atom is 0.223 e. The minimum atomic E-state index is -0.457. The van der Waals surface area contributed by atoms with Crippen molar-refractivity contribution in [1.29, 1.82) is 0 Å². The summed E-state index contributed by atoms with van der Waals surface area (Å²) < 4.78 is 13.0. The average Bonchev–Trinajstić information content (AvgIpc) is 3.06. The van der Waals surface area contributed by atoms with Gasteiger partial charge in [0.15, 0.2) is 0 Å². The summed E-state index contributed by atoms with van der Waals surface area (Å²) in [5.41, 5.74) is 10.4. The molecule has 2 fully saturated rings. The summed E-state index contributed by atoms with van der Waals surface area (Å²) in [6.07, 6.45) is 1.88. The number of alkyl halides is 1. The van der Waals surface area contributed by atoms with E-state index in [9.17, 15) is 19.4 Å². The number of fused-ring (bicyclic) bond motifs is 3. The third-order valence-corrected chi connectivity index (χ3v) is 6.54. The van der Waals surface area contributed by atoms with Crippen LogP contribution >= 0.6 is 0 Å². The second-order valence-electron chi connectivity index (χ2n) is 8.13. The summed E-state index contributed by atoms with van der Waals surface area (Å²) in [5, 5.41) is 19.2. The molecule has 3 aliphatic heterocycles. The molecule has 7 heteroatoms. The number of hydrogen-bond donors (Lipinski definition) is 3. The maximum absolute atomic E-state index is 13.0. The zero-order chi connectivity index (χ0) is 19.1. The van der Waals surface area contributed by atoms with E-state index in [4.69, 9.17) is 5.73 Å². The second kappa shape index (κ2) is 7.47. The lowest BCUT2D eigenvalue weighted by atomic mass is 9.81. The quantitative estimate of drug-likeness (QED) is 0.711. The number of halogens is 1. The van der Waals surface area contributed by atoms with E-state index in [1.165, 1.54) is 11.1 Å². The highest BCUT2D eigenvalue weighted by Crippen LogP contribution is 2.39. The van der Waals surface area contributed by atoms with Gasteiger partial charge in [-0.25, -0.2) is 0 Å². The number of piperidine rings is 1. The molecule has 0 unspecified atom stereocenters. The summed E-state index contributed by atoms with van der Waals surface area (Å²) >= 11 is 0. The van der Waals surface area contributed by atoms with Gasteiger partial charge in [0.25, 0.3) is 0 Å². The number of aliphatic hydroxyl groups is 2. The van der Waals surface area contributed by atoms with Crippen LogP contribution in [0.2, 0.25) is 0 Å². The first kappa shape index (κ1) is 18.8. The standard InChI is InChI=1S/C20H28FN3O3/c21-7-12-3-20(27)24(8-12)19-9-23-2-1-13-4-14(10-25)15(11-26)5-16(13)18(23)6-17(19)22/h4-5,12,17-19,25-26H,1-3,6-11,22H2/t12-,17+,18+,19+/m1/s1. The number of rotatable bonds is 4. The first-order chi connectivity index (χ1) is 13.0. The predicted octanol–water partition coefficient (Wildman–Crippen LogP) is 0.488. The van der Waals surface area contributed by atoms with Crippen LogP contribution in [0.15, 0.2) is 12.1 Å². The summed E-state index contributed by atoms with van der Waals surface area (Å²) in [6.45, 7) is 1.41. The third-order valence-electron chi connectivity index (χ3n) is 6.54. The molecule has 0 spiro atoms. The van der Waals surface area contributed by atoms with Crippen molar-refractivity contribution in [2.45, 2.75) is 50.6 Å². The largest absolute Gasteiger partial charge is 0.392 e. The molecule has 1 aromatic carbocycles. The van der Waals surface area contributed by atoms with Gasteiger partial charge in [-0.3, -0.25) is 14.1 Å². The molecule has 0 aliphatic carbocycles. The van der Waals surface area contributed by atoms with Crippen LogP contribution in [0.4, 0.5) is 4.39 Å². The number of amides is 1. The number of nitrogens with two attached hydrogens (primary N) is 1. The van der Waals surface area contributed by atoms with Crippen molar-refractivity contribution in [1.82, 2.24) is 9.80 Å². The molecule has 0 aromatic heterocycles. The molecule has 4 N–H and O–H groups in total. The molecule has 27 heavy (non-hydrogen) atoms. The number of carbonyl (C=O) groups excluding carboxylic acids is 1. The monoisotopic (exact) mass is 377 g/mol. The van der Waals surface area contributed by atoms with E-state index in [1.54, 1.807) is 4.90 Å². The molecule has 2 saturated heterocycles. The Bertz CT molecular complexity index is 729. The fourth-order valence-electron chi connectivity index (χ4n) is 5.04. The number of nitrogens with zero attached hydrogens (tertiary/aromatic N) is 2. The normalized spacial score (nSPS) is 31.1. The number of carbonyl (C=O) groups is 1. The van der Waals surface area contributed by atoms with Gasteiger partial charge in [0.2, 0.25) is 5.91 Å². The molecule has 4 rings (SSSR count). The number of hydrogen-bond acceptors (Lipinski definition) is 5. The smallest absolute Gasteiger partial charge is 0.223 e. The fraction of sp³-hybridized carbons (Fsp3) is 0.650. The summed E-state index contributed by atoms with van der Waals surface area (Å²) in [7, 11) is 0. The van der Waals surface area contributed by atoms with Crippen molar-refractivity contribution in [3.05, 3.63) is 34.4 Å².